The number of aromatic nitrogens is 3. The number of hydrogen-bond donors (Lipinski definition) is 0. The Morgan fingerprint density at radius 1 is 0.913 bits per heavy atom. The highest BCUT2D eigenvalue weighted by Crippen LogP contribution is 2.23. The molecule has 0 amide bonds. The van der Waals surface area contributed by atoms with E-state index in [0.717, 1.165) is 29.9 Å². The molecule has 2 heterocycles. The van der Waals surface area contributed by atoms with E-state index in [4.69, 9.17) is 0 Å². The second kappa shape index (κ2) is 7.40. The van der Waals surface area contributed by atoms with Gasteiger partial charge in [-0.15, -0.1) is 10.2 Å². The first-order valence-corrected chi connectivity index (χ1v) is 8.75. The van der Waals surface area contributed by atoms with Crippen molar-refractivity contribution in [2.75, 3.05) is 0 Å². The third-order valence-corrected chi connectivity index (χ3v) is 4.29. The molecule has 3 heteroatoms. The van der Waals surface area contributed by atoms with Crippen LogP contribution in [0.25, 0.3) is 17.0 Å². The summed E-state index contributed by atoms with van der Waals surface area (Å²) >= 11 is 0. The van der Waals surface area contributed by atoms with Crippen LogP contribution in [0.4, 0.5) is 0 Å². The fourth-order valence-electron chi connectivity index (χ4n) is 2.98. The predicted octanol–water partition coefficient (Wildman–Crippen LogP) is 5.08. The molecule has 0 atom stereocenters. The molecule has 2 aromatic heterocycles. The van der Waals surface area contributed by atoms with Gasteiger partial charge in [-0.05, 0) is 36.8 Å². The molecule has 0 aliphatic carbocycles. The number of rotatable bonds is 7. The van der Waals surface area contributed by atoms with E-state index < -0.39 is 0 Å². The molecule has 0 aliphatic rings. The standard InChI is InChI=1S/C20H25N3/c1-3-5-10-16-14-18(11-6-4-2)20-22-21-19(23(20)15-16)17-12-8-7-9-13-17/h7-9,12-15H,3-6,10-11H2,1-2H3. The Hall–Kier alpha value is -2.16. The van der Waals surface area contributed by atoms with Gasteiger partial charge in [-0.3, -0.25) is 4.40 Å². The Balaban J connectivity index is 2.09. The Morgan fingerprint density at radius 3 is 2.39 bits per heavy atom. The van der Waals surface area contributed by atoms with Gasteiger partial charge in [0.25, 0.3) is 0 Å². The lowest BCUT2D eigenvalue weighted by molar-refractivity contribution is 0.775. The van der Waals surface area contributed by atoms with Gasteiger partial charge < -0.3 is 0 Å². The van der Waals surface area contributed by atoms with Crippen LogP contribution >= 0.6 is 0 Å². The van der Waals surface area contributed by atoms with Gasteiger partial charge in [-0.2, -0.15) is 0 Å². The van der Waals surface area contributed by atoms with E-state index in [1.807, 2.05) is 6.07 Å². The van der Waals surface area contributed by atoms with Crippen LogP contribution in [0.1, 0.15) is 50.7 Å². The molecule has 0 saturated heterocycles. The number of benzene rings is 1. The first-order valence-electron chi connectivity index (χ1n) is 8.75. The molecule has 0 N–H and O–H groups in total. The molecule has 3 rings (SSSR count). The number of pyridine rings is 1. The van der Waals surface area contributed by atoms with Crippen molar-refractivity contribution in [2.45, 2.75) is 52.4 Å². The van der Waals surface area contributed by atoms with Crippen molar-refractivity contribution in [3.05, 3.63) is 53.7 Å². The van der Waals surface area contributed by atoms with Crippen LogP contribution in [0.15, 0.2) is 42.6 Å². The van der Waals surface area contributed by atoms with Crippen LogP contribution in [-0.4, -0.2) is 14.6 Å². The van der Waals surface area contributed by atoms with E-state index in [1.54, 1.807) is 0 Å². The largest absolute Gasteiger partial charge is 0.282 e. The van der Waals surface area contributed by atoms with E-state index in [0.29, 0.717) is 0 Å². The SMILES string of the molecule is CCCCc1cc(CCCC)c2nnc(-c3ccccc3)n2c1. The van der Waals surface area contributed by atoms with Crippen molar-refractivity contribution in [1.29, 1.82) is 0 Å². The molecule has 120 valence electrons. The van der Waals surface area contributed by atoms with E-state index in [-0.39, 0.29) is 0 Å². The molecule has 0 unspecified atom stereocenters. The summed E-state index contributed by atoms with van der Waals surface area (Å²) in [7, 11) is 0. The highest BCUT2D eigenvalue weighted by Gasteiger charge is 2.12. The first kappa shape index (κ1) is 15.7. The average Bonchev–Trinajstić information content (AvgIpc) is 3.02. The van der Waals surface area contributed by atoms with E-state index in [1.165, 1.54) is 36.8 Å². The van der Waals surface area contributed by atoms with Gasteiger partial charge in [0.1, 0.15) is 0 Å². The maximum absolute atomic E-state index is 4.48. The van der Waals surface area contributed by atoms with Gasteiger partial charge in [0.2, 0.25) is 0 Å². The fraction of sp³-hybridized carbons (Fsp3) is 0.400. The molecular formula is C20H25N3. The van der Waals surface area contributed by atoms with Crippen LogP contribution in [-0.2, 0) is 12.8 Å². The minimum atomic E-state index is 0.941. The summed E-state index contributed by atoms with van der Waals surface area (Å²) in [5.74, 6) is 0.941. The maximum atomic E-state index is 4.48. The summed E-state index contributed by atoms with van der Waals surface area (Å²) in [5, 5.41) is 8.95. The Morgan fingerprint density at radius 2 is 1.65 bits per heavy atom. The number of fused-ring (bicyclic) bond motifs is 1. The summed E-state index contributed by atoms with van der Waals surface area (Å²) in [6.07, 6.45) is 9.26. The van der Waals surface area contributed by atoms with Gasteiger partial charge >= 0.3 is 0 Å². The van der Waals surface area contributed by atoms with Gasteiger partial charge in [-0.25, -0.2) is 0 Å². The molecule has 3 nitrogen and oxygen atoms in total. The summed E-state index contributed by atoms with van der Waals surface area (Å²) in [5.41, 5.74) is 4.85. The molecule has 3 aromatic rings. The highest BCUT2D eigenvalue weighted by atomic mass is 15.2. The summed E-state index contributed by atoms with van der Waals surface area (Å²) in [6.45, 7) is 4.47. The number of aryl methyl sites for hydroxylation is 2. The number of nitrogens with zero attached hydrogens (tertiary/aromatic N) is 3. The lowest BCUT2D eigenvalue weighted by atomic mass is 10.0. The topological polar surface area (TPSA) is 30.2 Å². The molecule has 0 spiro atoms. The van der Waals surface area contributed by atoms with Gasteiger partial charge in [0.15, 0.2) is 11.5 Å². The molecule has 0 fully saturated rings. The Labute approximate surface area is 138 Å². The molecule has 0 aliphatic heterocycles. The van der Waals surface area contributed by atoms with Crippen molar-refractivity contribution in [3.8, 4) is 11.4 Å². The second-order valence-corrected chi connectivity index (χ2v) is 6.16. The minimum Gasteiger partial charge on any atom is -0.282 e. The van der Waals surface area contributed by atoms with Crippen LogP contribution in [0.3, 0.4) is 0 Å². The Bertz CT molecular complexity index is 759. The molecule has 1 aromatic carbocycles. The third kappa shape index (κ3) is 3.44. The number of unbranched alkanes of at least 4 members (excludes halogenated alkanes) is 2. The van der Waals surface area contributed by atoms with E-state index in [2.05, 4.69) is 65.0 Å². The lowest BCUT2D eigenvalue weighted by Crippen LogP contribution is -1.99. The summed E-state index contributed by atoms with van der Waals surface area (Å²) < 4.78 is 2.19. The van der Waals surface area contributed by atoms with E-state index in [9.17, 15) is 0 Å². The zero-order chi connectivity index (χ0) is 16.1. The quantitative estimate of drug-likeness (QED) is 0.609. The molecule has 0 bridgehead atoms. The second-order valence-electron chi connectivity index (χ2n) is 6.16. The van der Waals surface area contributed by atoms with Crippen LogP contribution in [0.5, 0.6) is 0 Å². The molecular weight excluding hydrogens is 282 g/mol. The van der Waals surface area contributed by atoms with Crippen molar-refractivity contribution in [3.63, 3.8) is 0 Å². The lowest BCUT2D eigenvalue weighted by Gasteiger charge is -2.09. The monoisotopic (exact) mass is 307 g/mol. The van der Waals surface area contributed by atoms with Crippen LogP contribution < -0.4 is 0 Å². The van der Waals surface area contributed by atoms with E-state index >= 15 is 0 Å². The third-order valence-electron chi connectivity index (χ3n) is 4.29. The van der Waals surface area contributed by atoms with Crippen LogP contribution in [0.2, 0.25) is 0 Å². The van der Waals surface area contributed by atoms with Crippen molar-refractivity contribution >= 4 is 5.65 Å². The summed E-state index contributed by atoms with van der Waals surface area (Å²) in [4.78, 5) is 0. The minimum absolute atomic E-state index is 0.941. The average molecular weight is 307 g/mol. The van der Waals surface area contributed by atoms with Crippen molar-refractivity contribution in [2.24, 2.45) is 0 Å². The van der Waals surface area contributed by atoms with Crippen molar-refractivity contribution in [1.82, 2.24) is 14.6 Å². The summed E-state index contributed by atoms with van der Waals surface area (Å²) in [6, 6.07) is 12.7. The molecule has 0 radical (unpaired) electrons. The maximum Gasteiger partial charge on any atom is 0.168 e. The normalized spacial score (nSPS) is 11.2. The van der Waals surface area contributed by atoms with Gasteiger partial charge in [-0.1, -0.05) is 63.1 Å². The highest BCUT2D eigenvalue weighted by molar-refractivity contribution is 5.61. The van der Waals surface area contributed by atoms with Gasteiger partial charge in [0.05, 0.1) is 0 Å². The predicted molar refractivity (Wildman–Crippen MR) is 95.6 cm³/mol. The Kier molecular flexibility index (Phi) is 5.06. The van der Waals surface area contributed by atoms with Crippen LogP contribution in [0, 0.1) is 0 Å². The molecule has 23 heavy (non-hydrogen) atoms. The smallest absolute Gasteiger partial charge is 0.168 e. The zero-order valence-electron chi connectivity index (χ0n) is 14.1. The number of hydrogen-bond acceptors (Lipinski definition) is 2. The van der Waals surface area contributed by atoms with Crippen molar-refractivity contribution < 1.29 is 0 Å². The van der Waals surface area contributed by atoms with Gasteiger partial charge in [0, 0.05) is 11.8 Å². The molecule has 0 saturated carbocycles. The zero-order valence-corrected chi connectivity index (χ0v) is 14.1. The first-order chi connectivity index (χ1) is 11.3. The fourth-order valence-corrected chi connectivity index (χ4v) is 2.98.